The first-order valence-corrected chi connectivity index (χ1v) is 7.57. The highest BCUT2D eigenvalue weighted by Gasteiger charge is 2.31. The molecule has 0 fully saturated rings. The minimum Gasteiger partial charge on any atom is -0.337 e. The molecule has 0 spiro atoms. The lowest BCUT2D eigenvalue weighted by atomic mass is 10.2. The molecule has 0 radical (unpaired) electrons. The van der Waals surface area contributed by atoms with E-state index in [0.29, 0.717) is 15.4 Å². The predicted octanol–water partition coefficient (Wildman–Crippen LogP) is 4.26. The van der Waals surface area contributed by atoms with Gasteiger partial charge in [0, 0.05) is 9.86 Å². The third-order valence-corrected chi connectivity index (χ3v) is 3.97. The fourth-order valence-corrected chi connectivity index (χ4v) is 2.86. The lowest BCUT2D eigenvalue weighted by molar-refractivity contribution is -0.139. The first kappa shape index (κ1) is 16.3. The Morgan fingerprint density at radius 3 is 2.83 bits per heavy atom. The molecule has 0 aliphatic carbocycles. The molecule has 0 aliphatic rings. The molecule has 1 aromatic carbocycles. The number of fused-ring (bicyclic) bond motifs is 1. The van der Waals surface area contributed by atoms with E-state index in [2.05, 4.69) is 30.9 Å². The fourth-order valence-electron chi connectivity index (χ4n) is 2.27. The molecular weight excluding hydrogens is 401 g/mol. The van der Waals surface area contributed by atoms with Crippen molar-refractivity contribution in [3.8, 4) is 11.5 Å². The summed E-state index contributed by atoms with van der Waals surface area (Å²) >= 11 is 8.70. The van der Waals surface area contributed by atoms with Crippen molar-refractivity contribution in [1.82, 2.24) is 19.5 Å². The molecule has 0 amide bonds. The van der Waals surface area contributed by atoms with Crippen LogP contribution in [-0.2, 0) is 13.1 Å². The Kier molecular flexibility index (Phi) is 4.35. The predicted molar refractivity (Wildman–Crippen MR) is 81.7 cm³/mol. The van der Waals surface area contributed by atoms with Crippen molar-refractivity contribution >= 4 is 38.6 Å². The van der Waals surface area contributed by atoms with E-state index < -0.39 is 12.7 Å². The molecule has 1 N–H and O–H groups in total. The van der Waals surface area contributed by atoms with Crippen LogP contribution in [0.5, 0.6) is 0 Å². The highest BCUT2D eigenvalue weighted by Crippen LogP contribution is 2.33. The van der Waals surface area contributed by atoms with Crippen molar-refractivity contribution in [1.29, 1.82) is 0 Å². The van der Waals surface area contributed by atoms with Crippen molar-refractivity contribution in [3.63, 3.8) is 0 Å². The molecule has 0 aliphatic heterocycles. The standard InChI is InChI=1S/C13H9BrClF3N4O/c14-8-2-1-3-9-7(8)4-10(22(9)6-13(16,17)18)12-20-11(5-19-15)23-21-12/h1-4,19H,5-6H2. The minimum atomic E-state index is -4.38. The van der Waals surface area contributed by atoms with Gasteiger partial charge in [-0.1, -0.05) is 27.2 Å². The van der Waals surface area contributed by atoms with Gasteiger partial charge < -0.3 is 9.09 Å². The molecule has 2 aromatic heterocycles. The summed E-state index contributed by atoms with van der Waals surface area (Å²) in [4.78, 5) is 6.38. The molecule has 0 saturated carbocycles. The second-order valence-corrected chi connectivity index (χ2v) is 5.85. The number of alkyl halides is 3. The van der Waals surface area contributed by atoms with E-state index in [4.69, 9.17) is 16.3 Å². The van der Waals surface area contributed by atoms with Crippen LogP contribution in [0.25, 0.3) is 22.4 Å². The molecule has 5 nitrogen and oxygen atoms in total. The molecule has 23 heavy (non-hydrogen) atoms. The summed E-state index contributed by atoms with van der Waals surface area (Å²) in [6.07, 6.45) is -4.38. The number of benzene rings is 1. The first-order valence-electron chi connectivity index (χ1n) is 6.40. The van der Waals surface area contributed by atoms with Gasteiger partial charge in [0.25, 0.3) is 0 Å². The van der Waals surface area contributed by atoms with Crippen LogP contribution in [0.2, 0.25) is 0 Å². The lowest BCUT2D eigenvalue weighted by Crippen LogP contribution is -2.18. The summed E-state index contributed by atoms with van der Waals surface area (Å²) in [5, 5.41) is 4.37. The normalized spacial score (nSPS) is 12.2. The van der Waals surface area contributed by atoms with Gasteiger partial charge in [-0.05, 0) is 30.0 Å². The quantitative estimate of drug-likeness (QED) is 0.654. The number of hydrogen-bond donors (Lipinski definition) is 1. The van der Waals surface area contributed by atoms with Crippen LogP contribution in [0.1, 0.15) is 5.89 Å². The number of rotatable bonds is 4. The van der Waals surface area contributed by atoms with Gasteiger partial charge in [0.15, 0.2) is 0 Å². The van der Waals surface area contributed by atoms with E-state index in [9.17, 15) is 13.2 Å². The van der Waals surface area contributed by atoms with Gasteiger partial charge in [0.05, 0.1) is 17.8 Å². The highest BCUT2D eigenvalue weighted by atomic mass is 79.9. The molecule has 2 heterocycles. The smallest absolute Gasteiger partial charge is 0.337 e. The molecule has 0 saturated heterocycles. The van der Waals surface area contributed by atoms with Gasteiger partial charge in [-0.2, -0.15) is 18.2 Å². The molecule has 10 heteroatoms. The highest BCUT2D eigenvalue weighted by molar-refractivity contribution is 9.10. The molecule has 3 aromatic rings. The van der Waals surface area contributed by atoms with E-state index >= 15 is 0 Å². The van der Waals surface area contributed by atoms with Crippen molar-refractivity contribution in [3.05, 3.63) is 34.6 Å². The van der Waals surface area contributed by atoms with Gasteiger partial charge >= 0.3 is 6.18 Å². The average molecular weight is 410 g/mol. The zero-order valence-corrected chi connectivity index (χ0v) is 13.7. The summed E-state index contributed by atoms with van der Waals surface area (Å²) in [7, 11) is 0. The van der Waals surface area contributed by atoms with Crippen molar-refractivity contribution in [2.75, 3.05) is 0 Å². The molecule has 0 unspecified atom stereocenters. The number of nitrogens with zero attached hydrogens (tertiary/aromatic N) is 3. The van der Waals surface area contributed by atoms with Crippen LogP contribution in [0.3, 0.4) is 0 Å². The van der Waals surface area contributed by atoms with Gasteiger partial charge in [-0.3, -0.25) is 0 Å². The summed E-state index contributed by atoms with van der Waals surface area (Å²) in [6.45, 7) is -1.04. The number of halogens is 5. The lowest BCUT2D eigenvalue weighted by Gasteiger charge is -2.11. The third kappa shape index (κ3) is 3.36. The Morgan fingerprint density at radius 1 is 1.35 bits per heavy atom. The first-order chi connectivity index (χ1) is 10.9. The van der Waals surface area contributed by atoms with Gasteiger partial charge in [-0.25, -0.2) is 4.84 Å². The van der Waals surface area contributed by atoms with Crippen LogP contribution < -0.4 is 4.84 Å². The van der Waals surface area contributed by atoms with E-state index in [-0.39, 0.29) is 24.0 Å². The average Bonchev–Trinajstić information content (AvgIpc) is 3.04. The molecule has 0 atom stereocenters. The Morgan fingerprint density at radius 2 is 2.13 bits per heavy atom. The molecule has 3 rings (SSSR count). The Balaban J connectivity index is 2.17. The van der Waals surface area contributed by atoms with Gasteiger partial charge in [0.2, 0.25) is 11.7 Å². The third-order valence-electron chi connectivity index (χ3n) is 3.15. The van der Waals surface area contributed by atoms with Crippen LogP contribution in [-0.4, -0.2) is 20.9 Å². The van der Waals surface area contributed by atoms with Crippen LogP contribution in [0.4, 0.5) is 13.2 Å². The van der Waals surface area contributed by atoms with Crippen molar-refractivity contribution in [2.24, 2.45) is 0 Å². The van der Waals surface area contributed by atoms with Crippen LogP contribution in [0, 0.1) is 0 Å². The summed E-state index contributed by atoms with van der Waals surface area (Å²) in [5.74, 6) is 0.247. The van der Waals surface area contributed by atoms with Gasteiger partial charge in [-0.15, -0.1) is 0 Å². The zero-order chi connectivity index (χ0) is 16.6. The number of nitrogens with one attached hydrogen (secondary N) is 1. The van der Waals surface area contributed by atoms with Crippen LogP contribution >= 0.6 is 27.7 Å². The SMILES string of the molecule is FC(F)(F)Cn1c(-c2noc(CNCl)n2)cc2c(Br)cccc21. The Labute approximate surface area is 141 Å². The van der Waals surface area contributed by atoms with E-state index in [1.807, 2.05) is 0 Å². The maximum Gasteiger partial charge on any atom is 0.406 e. The zero-order valence-electron chi connectivity index (χ0n) is 11.4. The minimum absolute atomic E-state index is 0.0688. The largest absolute Gasteiger partial charge is 0.406 e. The second kappa shape index (κ2) is 6.14. The number of aromatic nitrogens is 3. The Bertz CT molecular complexity index is 845. The van der Waals surface area contributed by atoms with E-state index in [1.165, 1.54) is 0 Å². The van der Waals surface area contributed by atoms with Crippen LogP contribution in [0.15, 0.2) is 33.3 Å². The van der Waals surface area contributed by atoms with E-state index in [0.717, 1.165) is 4.57 Å². The monoisotopic (exact) mass is 408 g/mol. The molecular formula is C13H9BrClF3N4O. The van der Waals surface area contributed by atoms with Crippen molar-refractivity contribution < 1.29 is 17.7 Å². The summed E-state index contributed by atoms with van der Waals surface area (Å²) < 4.78 is 45.6. The summed E-state index contributed by atoms with van der Waals surface area (Å²) in [5.41, 5.74) is 0.641. The fraction of sp³-hybridized carbons (Fsp3) is 0.231. The summed E-state index contributed by atoms with van der Waals surface area (Å²) in [6, 6.07) is 6.62. The topological polar surface area (TPSA) is 55.9 Å². The number of hydrogen-bond acceptors (Lipinski definition) is 4. The van der Waals surface area contributed by atoms with E-state index in [1.54, 1.807) is 24.3 Å². The maximum absolute atomic E-state index is 12.9. The Hall–Kier alpha value is -1.58. The molecule has 0 bridgehead atoms. The maximum atomic E-state index is 12.9. The van der Waals surface area contributed by atoms with Gasteiger partial charge in [0.1, 0.15) is 6.54 Å². The second-order valence-electron chi connectivity index (χ2n) is 4.73. The molecule has 122 valence electrons. The van der Waals surface area contributed by atoms with Crippen molar-refractivity contribution in [2.45, 2.75) is 19.3 Å².